The Labute approximate surface area is 111 Å². The van der Waals surface area contributed by atoms with Crippen molar-refractivity contribution in [1.82, 2.24) is 4.90 Å². The first-order chi connectivity index (χ1) is 8.43. The summed E-state index contributed by atoms with van der Waals surface area (Å²) in [4.78, 5) is 1.96. The van der Waals surface area contributed by atoms with Gasteiger partial charge in [0, 0.05) is 24.0 Å². The van der Waals surface area contributed by atoms with Crippen molar-refractivity contribution in [2.24, 2.45) is 10.9 Å². The van der Waals surface area contributed by atoms with Gasteiger partial charge in [-0.3, -0.25) is 4.90 Å². The lowest BCUT2D eigenvalue weighted by atomic mass is 10.1. The van der Waals surface area contributed by atoms with Crippen molar-refractivity contribution >= 4 is 17.4 Å². The van der Waals surface area contributed by atoms with Crippen LogP contribution in [0.15, 0.2) is 23.4 Å². The van der Waals surface area contributed by atoms with Crippen LogP contribution in [0.2, 0.25) is 5.02 Å². The number of halogens is 2. The lowest BCUT2D eigenvalue weighted by Crippen LogP contribution is -2.32. The van der Waals surface area contributed by atoms with Crippen LogP contribution in [0.1, 0.15) is 18.9 Å². The minimum Gasteiger partial charge on any atom is -0.409 e. The summed E-state index contributed by atoms with van der Waals surface area (Å²) in [5.74, 6) is -0.147. The normalized spacial score (nSPS) is 13.9. The number of benzene rings is 1. The highest BCUT2D eigenvalue weighted by Crippen LogP contribution is 2.19. The van der Waals surface area contributed by atoms with E-state index in [0.29, 0.717) is 23.6 Å². The molecule has 0 heterocycles. The minimum absolute atomic E-state index is 0.0558. The molecule has 100 valence electrons. The second kappa shape index (κ2) is 6.56. The summed E-state index contributed by atoms with van der Waals surface area (Å²) in [6.07, 6.45) is 0.430. The van der Waals surface area contributed by atoms with Gasteiger partial charge in [-0.25, -0.2) is 4.39 Å². The van der Waals surface area contributed by atoms with E-state index in [-0.39, 0.29) is 17.7 Å². The summed E-state index contributed by atoms with van der Waals surface area (Å²) in [6, 6.07) is 4.33. The van der Waals surface area contributed by atoms with Crippen LogP contribution in [0.25, 0.3) is 0 Å². The average molecular weight is 274 g/mol. The first-order valence-electron chi connectivity index (χ1n) is 5.54. The maximum Gasteiger partial charge on any atom is 0.140 e. The van der Waals surface area contributed by atoms with Gasteiger partial charge < -0.3 is 10.9 Å². The van der Waals surface area contributed by atoms with Crippen molar-refractivity contribution in [3.63, 3.8) is 0 Å². The van der Waals surface area contributed by atoms with Gasteiger partial charge in [0.2, 0.25) is 0 Å². The third kappa shape index (κ3) is 4.16. The first-order valence-corrected chi connectivity index (χ1v) is 5.92. The Morgan fingerprint density at radius 2 is 2.28 bits per heavy atom. The molecule has 0 fully saturated rings. The summed E-state index contributed by atoms with van der Waals surface area (Å²) < 4.78 is 13.1. The Morgan fingerprint density at radius 3 is 2.89 bits per heavy atom. The van der Waals surface area contributed by atoms with E-state index in [1.165, 1.54) is 18.2 Å². The van der Waals surface area contributed by atoms with Crippen LogP contribution < -0.4 is 5.73 Å². The molecule has 6 heteroatoms. The third-order valence-corrected chi connectivity index (χ3v) is 3.18. The van der Waals surface area contributed by atoms with Gasteiger partial charge in [0.1, 0.15) is 11.7 Å². The van der Waals surface area contributed by atoms with Gasteiger partial charge in [-0.1, -0.05) is 16.8 Å². The van der Waals surface area contributed by atoms with Gasteiger partial charge in [-0.15, -0.1) is 0 Å². The number of hydrogen-bond donors (Lipinski definition) is 2. The van der Waals surface area contributed by atoms with Crippen LogP contribution in [0.4, 0.5) is 4.39 Å². The second-order valence-electron chi connectivity index (χ2n) is 4.30. The molecule has 0 amide bonds. The van der Waals surface area contributed by atoms with E-state index in [1.807, 2.05) is 18.9 Å². The van der Waals surface area contributed by atoms with Crippen molar-refractivity contribution in [1.29, 1.82) is 0 Å². The zero-order valence-corrected chi connectivity index (χ0v) is 11.2. The lowest BCUT2D eigenvalue weighted by molar-refractivity contribution is 0.250. The molecule has 18 heavy (non-hydrogen) atoms. The lowest BCUT2D eigenvalue weighted by Gasteiger charge is -2.24. The van der Waals surface area contributed by atoms with Gasteiger partial charge in [0.15, 0.2) is 0 Å². The highest BCUT2D eigenvalue weighted by atomic mass is 35.5. The minimum atomic E-state index is -0.313. The number of rotatable bonds is 5. The number of oxime groups is 1. The molecule has 0 spiro atoms. The van der Waals surface area contributed by atoms with Crippen LogP contribution in [0.3, 0.4) is 0 Å². The Balaban J connectivity index is 2.69. The fourth-order valence-corrected chi connectivity index (χ4v) is 1.77. The topological polar surface area (TPSA) is 61.9 Å². The molecule has 0 saturated heterocycles. The number of nitrogens with zero attached hydrogens (tertiary/aromatic N) is 2. The highest BCUT2D eigenvalue weighted by molar-refractivity contribution is 6.31. The highest BCUT2D eigenvalue weighted by Gasteiger charge is 2.13. The predicted molar refractivity (Wildman–Crippen MR) is 70.4 cm³/mol. The molecule has 0 bridgehead atoms. The van der Waals surface area contributed by atoms with Gasteiger partial charge in [0.25, 0.3) is 0 Å². The quantitative estimate of drug-likeness (QED) is 0.375. The van der Waals surface area contributed by atoms with Gasteiger partial charge in [-0.05, 0) is 37.7 Å². The van der Waals surface area contributed by atoms with Crippen molar-refractivity contribution in [2.45, 2.75) is 25.9 Å². The SMILES string of the molecule is CC(C/C(N)=N/O)N(C)Cc1cc(F)ccc1Cl. The smallest absolute Gasteiger partial charge is 0.140 e. The van der Waals surface area contributed by atoms with Crippen LogP contribution in [0.5, 0.6) is 0 Å². The van der Waals surface area contributed by atoms with Crippen molar-refractivity contribution < 1.29 is 9.60 Å². The van der Waals surface area contributed by atoms with Crippen LogP contribution in [-0.2, 0) is 6.54 Å². The molecule has 3 N–H and O–H groups in total. The van der Waals surface area contributed by atoms with E-state index in [1.54, 1.807) is 0 Å². The van der Waals surface area contributed by atoms with E-state index in [0.717, 1.165) is 0 Å². The van der Waals surface area contributed by atoms with Crippen LogP contribution in [-0.4, -0.2) is 29.0 Å². The van der Waals surface area contributed by atoms with Crippen LogP contribution in [0, 0.1) is 5.82 Å². The Kier molecular flexibility index (Phi) is 5.37. The molecule has 0 aliphatic rings. The Bertz CT molecular complexity index is 439. The van der Waals surface area contributed by atoms with Crippen molar-refractivity contribution in [3.8, 4) is 0 Å². The fraction of sp³-hybridized carbons (Fsp3) is 0.417. The molecule has 4 nitrogen and oxygen atoms in total. The van der Waals surface area contributed by atoms with Crippen molar-refractivity contribution in [3.05, 3.63) is 34.6 Å². The summed E-state index contributed by atoms with van der Waals surface area (Å²) >= 11 is 6.00. The zero-order valence-electron chi connectivity index (χ0n) is 10.4. The van der Waals surface area contributed by atoms with E-state index in [2.05, 4.69) is 5.16 Å². The van der Waals surface area contributed by atoms with Gasteiger partial charge in [0.05, 0.1) is 0 Å². The Morgan fingerprint density at radius 1 is 1.61 bits per heavy atom. The Hall–Kier alpha value is -1.33. The predicted octanol–water partition coefficient (Wildman–Crippen LogP) is 2.44. The van der Waals surface area contributed by atoms with Gasteiger partial charge >= 0.3 is 0 Å². The first kappa shape index (κ1) is 14.7. The number of hydrogen-bond acceptors (Lipinski definition) is 3. The third-order valence-electron chi connectivity index (χ3n) is 2.81. The summed E-state index contributed by atoms with van der Waals surface area (Å²) in [5, 5.41) is 12.0. The molecule has 0 aliphatic heterocycles. The summed E-state index contributed by atoms with van der Waals surface area (Å²) in [5.41, 5.74) is 6.16. The van der Waals surface area contributed by atoms with Crippen molar-refractivity contribution in [2.75, 3.05) is 7.05 Å². The second-order valence-corrected chi connectivity index (χ2v) is 4.70. The molecule has 0 saturated carbocycles. The molecule has 0 aliphatic carbocycles. The molecule has 1 atom stereocenters. The van der Waals surface area contributed by atoms with Crippen LogP contribution >= 0.6 is 11.6 Å². The molecule has 1 aromatic carbocycles. The maximum absolute atomic E-state index is 13.1. The average Bonchev–Trinajstić information content (AvgIpc) is 2.33. The monoisotopic (exact) mass is 273 g/mol. The molecular weight excluding hydrogens is 257 g/mol. The number of amidine groups is 1. The zero-order chi connectivity index (χ0) is 13.7. The van der Waals surface area contributed by atoms with E-state index in [9.17, 15) is 4.39 Å². The largest absolute Gasteiger partial charge is 0.409 e. The standard InChI is InChI=1S/C12H17ClFN3O/c1-8(5-12(15)16-18)17(2)7-9-6-10(14)3-4-11(9)13/h3-4,6,8,18H,5,7H2,1-2H3,(H2,15,16). The maximum atomic E-state index is 13.1. The summed E-state index contributed by atoms with van der Waals surface area (Å²) in [7, 11) is 1.87. The summed E-state index contributed by atoms with van der Waals surface area (Å²) in [6.45, 7) is 2.43. The molecule has 0 aromatic heterocycles. The van der Waals surface area contributed by atoms with E-state index >= 15 is 0 Å². The molecule has 1 aromatic rings. The van der Waals surface area contributed by atoms with Gasteiger partial charge in [-0.2, -0.15) is 0 Å². The molecule has 0 radical (unpaired) electrons. The van der Waals surface area contributed by atoms with E-state index in [4.69, 9.17) is 22.5 Å². The molecule has 1 unspecified atom stereocenters. The van der Waals surface area contributed by atoms with E-state index < -0.39 is 0 Å². The molecule has 1 rings (SSSR count). The molecular formula is C12H17ClFN3O. The number of nitrogens with two attached hydrogens (primary N) is 1. The fourth-order valence-electron chi connectivity index (χ4n) is 1.59.